The minimum Gasteiger partial charge on any atom is -0.508 e. The van der Waals surface area contributed by atoms with Crippen molar-refractivity contribution in [2.24, 2.45) is 17.4 Å². The smallest absolute Gasteiger partial charge is 0.330 e. The highest BCUT2D eigenvalue weighted by Crippen LogP contribution is 2.50. The Hall–Kier alpha value is -9.24. The van der Waals surface area contributed by atoms with Crippen LogP contribution in [-0.4, -0.2) is 217 Å². The highest BCUT2D eigenvalue weighted by Gasteiger charge is 2.52. The summed E-state index contributed by atoms with van der Waals surface area (Å²) < 4.78 is 40.2. The molecule has 7 amide bonds. The van der Waals surface area contributed by atoms with Crippen molar-refractivity contribution in [3.63, 3.8) is 0 Å². The summed E-state index contributed by atoms with van der Waals surface area (Å²) in [7, 11) is 1.49. The molecule has 21 N–H and O–H groups in total. The second kappa shape index (κ2) is 44.8. The topological polar surface area (TPSA) is 526 Å². The van der Waals surface area contributed by atoms with Gasteiger partial charge in [0.1, 0.15) is 89.5 Å². The molecule has 680 valence electrons. The number of nitrogens with one attached hydrogen (secondary N) is 8. The maximum Gasteiger partial charge on any atom is 0.330 e. The molecule has 7 aliphatic heterocycles. The minimum atomic E-state index is -2.33. The van der Waals surface area contributed by atoms with Crippen LogP contribution in [0.2, 0.25) is 10.0 Å². The van der Waals surface area contributed by atoms with Crippen LogP contribution in [-0.2, 0) is 52.6 Å². The maximum absolute atomic E-state index is 16.3. The number of benzene rings is 5. The van der Waals surface area contributed by atoms with E-state index in [1.54, 1.807) is 6.92 Å². The molecule has 0 spiro atoms. The summed E-state index contributed by atoms with van der Waals surface area (Å²) in [4.78, 5) is 121. The predicted molar refractivity (Wildman–Crippen MR) is 457 cm³/mol. The van der Waals surface area contributed by atoms with Crippen molar-refractivity contribution in [2.75, 3.05) is 39.8 Å². The van der Waals surface area contributed by atoms with Gasteiger partial charge in [-0.2, -0.15) is 0 Å². The first-order valence-corrected chi connectivity index (χ1v) is 43.6. The molecule has 0 radical (unpaired) electrons. The summed E-state index contributed by atoms with van der Waals surface area (Å²) in [5.41, 5.74) is 8.31. The number of carboxylic acids is 1. The van der Waals surface area contributed by atoms with Crippen LogP contribution in [0.5, 0.6) is 46.0 Å². The zero-order valence-corrected chi connectivity index (χ0v) is 72.5. The molecule has 124 heavy (non-hydrogen) atoms. The summed E-state index contributed by atoms with van der Waals surface area (Å²) in [6, 6.07) is -0.0913. The second-order valence-corrected chi connectivity index (χ2v) is 34.2. The number of aliphatic hydroxyl groups is 5. The number of phenols is 3. The average Bonchev–Trinajstić information content (AvgIpc) is 0.768. The van der Waals surface area contributed by atoms with Gasteiger partial charge in [0.05, 0.1) is 34.7 Å². The van der Waals surface area contributed by atoms with E-state index in [-0.39, 0.29) is 52.0 Å². The first kappa shape index (κ1) is 97.0. The third-order valence-corrected chi connectivity index (χ3v) is 24.0. The maximum atomic E-state index is 16.3. The molecule has 36 heteroatoms. The van der Waals surface area contributed by atoms with Gasteiger partial charge in [-0.1, -0.05) is 159 Å². The molecule has 0 aromatic heterocycles. The number of fused-ring (bicyclic) bond motifs is 15. The Labute approximate surface area is 730 Å². The van der Waals surface area contributed by atoms with Gasteiger partial charge in [-0.15, -0.1) is 0 Å². The van der Waals surface area contributed by atoms with Crippen LogP contribution in [0.3, 0.4) is 0 Å². The number of ether oxygens (including phenoxy) is 6. The number of primary amides is 1. The Morgan fingerprint density at radius 3 is 1.77 bits per heavy atom. The summed E-state index contributed by atoms with van der Waals surface area (Å²) in [5.74, 6) is -15.5. The van der Waals surface area contributed by atoms with E-state index in [2.05, 4.69) is 61.3 Å². The number of halogens is 2. The number of aliphatic hydroxyl groups excluding tert-OH is 5. The summed E-state index contributed by atoms with van der Waals surface area (Å²) >= 11 is 14.4. The van der Waals surface area contributed by atoms with Crippen molar-refractivity contribution in [1.82, 2.24) is 47.4 Å². The van der Waals surface area contributed by atoms with Crippen LogP contribution < -0.4 is 68.2 Å². The number of carbonyl (C=O) groups is 8. The van der Waals surface area contributed by atoms with Crippen LogP contribution in [0.1, 0.15) is 222 Å². The van der Waals surface area contributed by atoms with Gasteiger partial charge in [-0.05, 0) is 136 Å². The molecule has 11 bridgehead atoms. The van der Waals surface area contributed by atoms with E-state index in [0.29, 0.717) is 13.1 Å². The Kier molecular flexibility index (Phi) is 35.0. The van der Waals surface area contributed by atoms with Gasteiger partial charge in [-0.3, -0.25) is 33.6 Å². The van der Waals surface area contributed by atoms with Crippen molar-refractivity contribution in [3.05, 3.63) is 117 Å². The van der Waals surface area contributed by atoms with Gasteiger partial charge in [0.2, 0.25) is 53.4 Å². The molecule has 12 rings (SSSR count). The summed E-state index contributed by atoms with van der Waals surface area (Å²) in [6.45, 7) is 14.0. The molecule has 18 atom stereocenters. The predicted octanol–water partition coefficient (Wildman–Crippen LogP) is 7.29. The fourth-order valence-electron chi connectivity index (χ4n) is 16.5. The monoisotopic (exact) mass is 1770 g/mol. The van der Waals surface area contributed by atoms with Crippen molar-refractivity contribution < 1.29 is 113 Å². The molecule has 7 heterocycles. The van der Waals surface area contributed by atoms with E-state index in [1.165, 1.54) is 102 Å². The number of likely N-dealkylation sites (N-methyl/N-ethyl adjacent to an activating group) is 1. The van der Waals surface area contributed by atoms with Crippen LogP contribution in [0.4, 0.5) is 0 Å². The first-order chi connectivity index (χ1) is 59.1. The lowest BCUT2D eigenvalue weighted by Gasteiger charge is -2.48. The Balaban J connectivity index is 1.12. The van der Waals surface area contributed by atoms with Gasteiger partial charge in [0.25, 0.3) is 0 Å². The molecule has 34 nitrogen and oxygen atoms in total. The number of rotatable bonds is 35. The highest BCUT2D eigenvalue weighted by molar-refractivity contribution is 6.32. The Morgan fingerprint density at radius 1 is 0.637 bits per heavy atom. The third kappa shape index (κ3) is 24.5. The molecular weight excluding hydrogens is 1650 g/mol. The van der Waals surface area contributed by atoms with Crippen molar-refractivity contribution in [3.8, 4) is 57.1 Å². The molecular formula is C88H121Cl2N11O23. The van der Waals surface area contributed by atoms with Crippen LogP contribution in [0, 0.1) is 5.92 Å². The van der Waals surface area contributed by atoms with E-state index < -0.39 is 231 Å². The zero-order chi connectivity index (χ0) is 90.0. The number of carbonyl (C=O) groups excluding carboxylic acids is 7. The Bertz CT molecular complexity index is 4530. The number of aromatic hydroxyl groups is 3. The van der Waals surface area contributed by atoms with Crippen LogP contribution in [0.25, 0.3) is 11.1 Å². The van der Waals surface area contributed by atoms with E-state index in [1.807, 2.05) is 20.8 Å². The normalized spacial score (nSPS) is 26.2. The molecule has 5 aromatic rings. The molecule has 5 aromatic carbocycles. The number of hydrogen-bond acceptors (Lipinski definition) is 26. The number of phenolic OH excluding ortho intramolecular Hbond substituents is 3. The molecule has 0 unspecified atom stereocenters. The van der Waals surface area contributed by atoms with Crippen molar-refractivity contribution in [1.29, 1.82) is 0 Å². The summed E-state index contributed by atoms with van der Waals surface area (Å²) in [6.07, 6.45) is 1.22. The molecule has 0 saturated carbocycles. The van der Waals surface area contributed by atoms with Gasteiger partial charge in [0, 0.05) is 54.4 Å². The fourth-order valence-corrected chi connectivity index (χ4v) is 16.9. The molecule has 2 saturated heterocycles. The van der Waals surface area contributed by atoms with Crippen LogP contribution >= 0.6 is 23.2 Å². The number of unbranched alkanes of at least 4 members (excludes halogenated alkanes) is 14. The zero-order valence-electron chi connectivity index (χ0n) is 71.0. The number of nitrogens with two attached hydrogens (primary N) is 2. The van der Waals surface area contributed by atoms with Gasteiger partial charge in [0.15, 0.2) is 29.9 Å². The molecule has 7 aliphatic rings. The van der Waals surface area contributed by atoms with E-state index in [0.717, 1.165) is 100 Å². The summed E-state index contributed by atoms with van der Waals surface area (Å²) in [5, 5.41) is 127. The standard InChI is InChI=1S/C88H121Cl2N11O23/c1-8-10-12-14-16-18-20-22-31-101(32-23-21-19-17-15-13-11-9-2)33-30-94-88(6)43-66(119-46(5)79(88)110)123-78-76(109)75(108)64(44-91)122-87(78)124-77-62-38-50-39-63(77)121-61-29-26-49(37-55(61)90)74(107)72-85(116)98-70(86(117)118)53-40-51(102)41-59(104)67(53)52-35-47(24-27-58(52)103)68(82(113)100-72)97-83(114)69(50)96-81(112)57(42-65(92)105)95-84(115)71(99-80(111)56(93-7)34-45(3)4)73(106)48-25-28-60(120-62)54(89)36-48/h24-29,35-41,45-46,56-57,64,66,68-76,78-79,87,93-94,102-104,106-110H,8-23,30-34,42-44,91H2,1-7H3,(H2,92,105)(H,95,115)(H,96,112)(H,97,114)(H,98,116)(H,99,111)(H,100,113)(H,117,118)/t46-,56+,57-,64+,66-,68+,69+,70-,71+,72-,73+,74+,75+,76-,78+,79+,87-,88-/m0/s1. The SMILES string of the molecule is CCCCCCCCCCN(CCCCCCCCCC)CCN[C@@]1(C)C[C@H](O[C@H]2[C@H](Oc3c4cc5cc3Oc3ccc(cc3Cl)[C@@H](O)[C@@H](NC(=O)[C@@H](CC(C)C)NC)C(=O)N[C@@H](CC(N)=O)C(=O)N[C@H]5C(=O)N[C@H]3C(=O)N[C@H](C(=O)N[C@H](C(=O)O)c5cc(O)cc(O)c5-c5cc3ccc5O)[C@H](O)c3ccc(c(Cl)c3)O4)O[C@H](CN)[C@@H](O)[C@@H]2O)O[C@@H](C)[C@H]1O. The first-order valence-electron chi connectivity index (χ1n) is 42.9. The minimum absolute atomic E-state index is 0.0702. The number of aliphatic carboxylic acids is 1. The Morgan fingerprint density at radius 2 is 1.20 bits per heavy atom. The third-order valence-electron chi connectivity index (χ3n) is 23.4. The fraction of sp³-hybridized carbons (Fsp3) is 0.568. The molecule has 2 fully saturated rings. The lowest BCUT2D eigenvalue weighted by Crippen LogP contribution is -2.66. The van der Waals surface area contributed by atoms with Gasteiger partial charge < -0.3 is 133 Å². The number of carboxylic acid groups (broad SMARTS) is 1. The quantitative estimate of drug-likeness (QED) is 0.0177. The van der Waals surface area contributed by atoms with Gasteiger partial charge >= 0.3 is 5.97 Å². The van der Waals surface area contributed by atoms with Gasteiger partial charge in [-0.25, -0.2) is 4.79 Å². The van der Waals surface area contributed by atoms with E-state index in [9.17, 15) is 60.3 Å². The van der Waals surface area contributed by atoms with E-state index in [4.69, 9.17) is 63.1 Å². The highest BCUT2D eigenvalue weighted by atomic mass is 35.5. The lowest BCUT2D eigenvalue weighted by atomic mass is 9.85. The lowest BCUT2D eigenvalue weighted by molar-refractivity contribution is -0.331. The molecule has 0 aliphatic carbocycles. The average molecular weight is 1770 g/mol. The van der Waals surface area contributed by atoms with Crippen molar-refractivity contribution in [2.45, 2.75) is 273 Å². The van der Waals surface area contributed by atoms with E-state index >= 15 is 24.0 Å². The number of hydrogen-bond donors (Lipinski definition) is 19. The second-order valence-electron chi connectivity index (χ2n) is 33.4. The van der Waals surface area contributed by atoms with Crippen molar-refractivity contribution >= 4 is 70.5 Å². The number of amides is 7. The number of nitrogens with zero attached hydrogens (tertiary/aromatic N) is 1. The van der Waals surface area contributed by atoms with Crippen LogP contribution in [0.15, 0.2) is 78.9 Å². The largest absolute Gasteiger partial charge is 0.508 e.